The molecule has 1 aromatic rings. The Kier molecular flexibility index (Phi) is 1.90. The summed E-state index contributed by atoms with van der Waals surface area (Å²) < 4.78 is 5.30. The van der Waals surface area contributed by atoms with Crippen LogP contribution in [0, 0.1) is 0 Å². The SMILES string of the molecule is CC(c1ccco1)N1CC(N)C1. The molecule has 1 fully saturated rings. The maximum absolute atomic E-state index is 5.69. The third-order valence-electron chi connectivity index (χ3n) is 2.44. The fraction of sp³-hybridized carbons (Fsp3) is 0.556. The first-order chi connectivity index (χ1) is 5.77. The third kappa shape index (κ3) is 1.26. The second-order valence-corrected chi connectivity index (χ2v) is 3.41. The van der Waals surface area contributed by atoms with Gasteiger partial charge in [0.2, 0.25) is 0 Å². The predicted molar refractivity (Wildman–Crippen MR) is 46.7 cm³/mol. The third-order valence-corrected chi connectivity index (χ3v) is 2.44. The van der Waals surface area contributed by atoms with Gasteiger partial charge in [-0.3, -0.25) is 4.90 Å². The van der Waals surface area contributed by atoms with Crippen LogP contribution in [0.5, 0.6) is 0 Å². The van der Waals surface area contributed by atoms with Gasteiger partial charge in [-0.05, 0) is 19.1 Å². The molecule has 0 spiro atoms. The second kappa shape index (κ2) is 2.92. The van der Waals surface area contributed by atoms with E-state index in [-0.39, 0.29) is 0 Å². The molecule has 1 aliphatic rings. The van der Waals surface area contributed by atoms with Gasteiger partial charge >= 0.3 is 0 Å². The van der Waals surface area contributed by atoms with Crippen molar-refractivity contribution in [2.24, 2.45) is 5.73 Å². The van der Waals surface area contributed by atoms with Gasteiger partial charge in [0.1, 0.15) is 5.76 Å². The molecule has 0 saturated carbocycles. The molecule has 3 nitrogen and oxygen atoms in total. The van der Waals surface area contributed by atoms with E-state index in [0.29, 0.717) is 12.1 Å². The summed E-state index contributed by atoms with van der Waals surface area (Å²) in [5.41, 5.74) is 5.69. The van der Waals surface area contributed by atoms with Gasteiger partial charge in [0.25, 0.3) is 0 Å². The molecule has 1 aliphatic heterocycles. The summed E-state index contributed by atoms with van der Waals surface area (Å²) in [6.07, 6.45) is 1.71. The number of likely N-dealkylation sites (tertiary alicyclic amines) is 1. The largest absolute Gasteiger partial charge is 0.468 e. The van der Waals surface area contributed by atoms with Crippen molar-refractivity contribution in [2.75, 3.05) is 13.1 Å². The highest BCUT2D eigenvalue weighted by molar-refractivity contribution is 5.05. The van der Waals surface area contributed by atoms with E-state index in [9.17, 15) is 0 Å². The van der Waals surface area contributed by atoms with E-state index in [0.717, 1.165) is 18.8 Å². The van der Waals surface area contributed by atoms with Crippen LogP contribution in [-0.2, 0) is 0 Å². The fourth-order valence-corrected chi connectivity index (χ4v) is 1.57. The quantitative estimate of drug-likeness (QED) is 0.712. The van der Waals surface area contributed by atoms with Crippen molar-refractivity contribution in [3.8, 4) is 0 Å². The van der Waals surface area contributed by atoms with Crippen LogP contribution >= 0.6 is 0 Å². The molecule has 66 valence electrons. The molecule has 2 heterocycles. The standard InChI is InChI=1S/C9H14N2O/c1-7(9-3-2-4-12-9)11-5-8(10)6-11/h2-4,7-8H,5-6,10H2,1H3. The first kappa shape index (κ1) is 7.83. The Hall–Kier alpha value is -0.800. The maximum atomic E-state index is 5.69. The van der Waals surface area contributed by atoms with Crippen LogP contribution in [0.25, 0.3) is 0 Å². The molecular formula is C9H14N2O. The van der Waals surface area contributed by atoms with Gasteiger partial charge in [0.15, 0.2) is 0 Å². The average Bonchev–Trinajstić information content (AvgIpc) is 2.49. The second-order valence-electron chi connectivity index (χ2n) is 3.41. The van der Waals surface area contributed by atoms with E-state index in [1.165, 1.54) is 0 Å². The van der Waals surface area contributed by atoms with Gasteiger partial charge in [-0.25, -0.2) is 0 Å². The fourth-order valence-electron chi connectivity index (χ4n) is 1.57. The summed E-state index contributed by atoms with van der Waals surface area (Å²) in [5, 5.41) is 0. The van der Waals surface area contributed by atoms with Gasteiger partial charge < -0.3 is 10.2 Å². The van der Waals surface area contributed by atoms with Crippen molar-refractivity contribution in [3.05, 3.63) is 24.2 Å². The topological polar surface area (TPSA) is 42.4 Å². The molecule has 12 heavy (non-hydrogen) atoms. The number of hydrogen-bond donors (Lipinski definition) is 1. The molecule has 2 N–H and O–H groups in total. The van der Waals surface area contributed by atoms with Crippen molar-refractivity contribution < 1.29 is 4.42 Å². The number of rotatable bonds is 2. The number of nitrogens with zero attached hydrogens (tertiary/aromatic N) is 1. The van der Waals surface area contributed by atoms with Crippen molar-refractivity contribution >= 4 is 0 Å². The first-order valence-corrected chi connectivity index (χ1v) is 4.30. The normalized spacial score (nSPS) is 22.2. The lowest BCUT2D eigenvalue weighted by Gasteiger charge is -2.40. The Morgan fingerprint density at radius 1 is 1.67 bits per heavy atom. The molecule has 3 heteroatoms. The van der Waals surface area contributed by atoms with Crippen LogP contribution in [0.4, 0.5) is 0 Å². The Bertz CT molecular complexity index is 239. The number of furan rings is 1. The van der Waals surface area contributed by atoms with Gasteiger partial charge in [-0.1, -0.05) is 0 Å². The average molecular weight is 166 g/mol. The van der Waals surface area contributed by atoms with Crippen LogP contribution in [0.15, 0.2) is 22.8 Å². The molecule has 2 rings (SSSR count). The first-order valence-electron chi connectivity index (χ1n) is 4.30. The summed E-state index contributed by atoms with van der Waals surface area (Å²) in [5.74, 6) is 1.03. The van der Waals surface area contributed by atoms with E-state index in [4.69, 9.17) is 10.2 Å². The van der Waals surface area contributed by atoms with E-state index in [1.54, 1.807) is 6.26 Å². The molecule has 1 aromatic heterocycles. The summed E-state index contributed by atoms with van der Waals surface area (Å²) in [4.78, 5) is 2.31. The Balaban J connectivity index is 1.97. The lowest BCUT2D eigenvalue weighted by Crippen LogP contribution is -2.56. The summed E-state index contributed by atoms with van der Waals surface area (Å²) in [6.45, 7) is 4.12. The monoisotopic (exact) mass is 166 g/mol. The zero-order chi connectivity index (χ0) is 8.55. The molecule has 0 radical (unpaired) electrons. The Morgan fingerprint density at radius 2 is 2.42 bits per heavy atom. The highest BCUT2D eigenvalue weighted by Crippen LogP contribution is 2.24. The molecule has 0 bridgehead atoms. The number of hydrogen-bond acceptors (Lipinski definition) is 3. The van der Waals surface area contributed by atoms with E-state index in [1.807, 2.05) is 12.1 Å². The van der Waals surface area contributed by atoms with Gasteiger partial charge in [0, 0.05) is 19.1 Å². The van der Waals surface area contributed by atoms with Crippen LogP contribution in [-0.4, -0.2) is 24.0 Å². The predicted octanol–water partition coefficient (Wildman–Crippen LogP) is 0.984. The van der Waals surface area contributed by atoms with E-state index < -0.39 is 0 Å². The molecule has 0 aliphatic carbocycles. The zero-order valence-electron chi connectivity index (χ0n) is 7.23. The lowest BCUT2D eigenvalue weighted by atomic mass is 10.1. The Morgan fingerprint density at radius 3 is 2.92 bits per heavy atom. The highest BCUT2D eigenvalue weighted by atomic mass is 16.3. The summed E-state index contributed by atoms with van der Waals surface area (Å²) >= 11 is 0. The molecule has 1 atom stereocenters. The van der Waals surface area contributed by atoms with Gasteiger partial charge in [0.05, 0.1) is 12.3 Å². The van der Waals surface area contributed by atoms with Crippen molar-refractivity contribution in [1.82, 2.24) is 4.90 Å². The van der Waals surface area contributed by atoms with E-state index >= 15 is 0 Å². The summed E-state index contributed by atoms with van der Waals surface area (Å²) in [6, 6.07) is 4.67. The van der Waals surface area contributed by atoms with Crippen LogP contribution in [0.2, 0.25) is 0 Å². The van der Waals surface area contributed by atoms with Crippen molar-refractivity contribution in [1.29, 1.82) is 0 Å². The van der Waals surface area contributed by atoms with Crippen LogP contribution in [0.3, 0.4) is 0 Å². The minimum Gasteiger partial charge on any atom is -0.468 e. The van der Waals surface area contributed by atoms with Crippen LogP contribution < -0.4 is 5.73 Å². The van der Waals surface area contributed by atoms with Crippen molar-refractivity contribution in [3.63, 3.8) is 0 Å². The molecule has 1 saturated heterocycles. The molecular weight excluding hydrogens is 152 g/mol. The molecule has 0 amide bonds. The highest BCUT2D eigenvalue weighted by Gasteiger charge is 2.29. The molecule has 0 aromatic carbocycles. The molecule has 1 unspecified atom stereocenters. The van der Waals surface area contributed by atoms with Gasteiger partial charge in [-0.2, -0.15) is 0 Å². The lowest BCUT2D eigenvalue weighted by molar-refractivity contribution is 0.0909. The summed E-state index contributed by atoms with van der Waals surface area (Å²) in [7, 11) is 0. The zero-order valence-corrected chi connectivity index (χ0v) is 7.23. The van der Waals surface area contributed by atoms with Crippen molar-refractivity contribution in [2.45, 2.75) is 19.0 Å². The van der Waals surface area contributed by atoms with Crippen LogP contribution in [0.1, 0.15) is 18.7 Å². The minimum absolute atomic E-state index is 0.363. The smallest absolute Gasteiger partial charge is 0.120 e. The number of nitrogens with two attached hydrogens (primary N) is 1. The maximum Gasteiger partial charge on any atom is 0.120 e. The van der Waals surface area contributed by atoms with Gasteiger partial charge in [-0.15, -0.1) is 0 Å². The minimum atomic E-state index is 0.363. The Labute approximate surface area is 72.1 Å². The van der Waals surface area contributed by atoms with E-state index in [2.05, 4.69) is 11.8 Å².